The monoisotopic (exact) mass is 351 g/mol. The Morgan fingerprint density at radius 1 is 1.00 bits per heavy atom. The minimum atomic E-state index is -0.312. The van der Waals surface area contributed by atoms with Crippen LogP contribution in [0.3, 0.4) is 0 Å². The van der Waals surface area contributed by atoms with Crippen LogP contribution in [0.1, 0.15) is 35.7 Å². The topological polar surface area (TPSA) is 76.3 Å². The van der Waals surface area contributed by atoms with E-state index in [-0.39, 0.29) is 23.6 Å². The number of carbonyl (C=O) groups excluding carboxylic acids is 2. The second-order valence-corrected chi connectivity index (χ2v) is 5.99. The van der Waals surface area contributed by atoms with Crippen molar-refractivity contribution >= 4 is 23.2 Å². The molecule has 3 rings (SSSR count). The van der Waals surface area contributed by atoms with Crippen molar-refractivity contribution in [2.75, 3.05) is 10.6 Å². The number of rotatable bonds is 6. The Morgan fingerprint density at radius 2 is 1.62 bits per heavy atom. The van der Waals surface area contributed by atoms with Crippen LogP contribution in [0.15, 0.2) is 65.3 Å². The number of nitrogens with zero attached hydrogens (tertiary/aromatic N) is 1. The smallest absolute Gasteiger partial charge is 0.291 e. The highest BCUT2D eigenvalue weighted by Crippen LogP contribution is 2.18. The first-order valence-electron chi connectivity index (χ1n) is 8.48. The second-order valence-electron chi connectivity index (χ2n) is 5.99. The molecule has 0 saturated heterocycles. The molecule has 6 nitrogen and oxygen atoms in total. The van der Waals surface area contributed by atoms with E-state index in [9.17, 15) is 9.59 Å². The molecule has 2 amide bonds. The summed E-state index contributed by atoms with van der Waals surface area (Å²) >= 11 is 0. The highest BCUT2D eigenvalue weighted by molar-refractivity contribution is 6.02. The van der Waals surface area contributed by atoms with Crippen molar-refractivity contribution in [2.24, 2.45) is 0 Å². The van der Waals surface area contributed by atoms with E-state index in [1.807, 2.05) is 36.0 Å². The van der Waals surface area contributed by atoms with E-state index in [0.29, 0.717) is 23.6 Å². The highest BCUT2D eigenvalue weighted by Gasteiger charge is 2.17. The van der Waals surface area contributed by atoms with E-state index >= 15 is 0 Å². The SMILES string of the molecule is CC[C@H](C(=O)Nc1ccc(NC(=O)c2ccc(C)o2)cc1)n1cccc1. The molecule has 0 saturated carbocycles. The normalized spacial score (nSPS) is 11.8. The van der Waals surface area contributed by atoms with Gasteiger partial charge in [0.2, 0.25) is 5.91 Å². The molecule has 2 heterocycles. The van der Waals surface area contributed by atoms with Gasteiger partial charge >= 0.3 is 0 Å². The van der Waals surface area contributed by atoms with Crippen molar-refractivity contribution < 1.29 is 14.0 Å². The summed E-state index contributed by atoms with van der Waals surface area (Å²) in [7, 11) is 0. The fourth-order valence-corrected chi connectivity index (χ4v) is 2.70. The molecule has 0 radical (unpaired) electrons. The number of furan rings is 1. The first kappa shape index (κ1) is 17.5. The maximum Gasteiger partial charge on any atom is 0.291 e. The molecule has 0 aliphatic heterocycles. The van der Waals surface area contributed by atoms with Crippen LogP contribution in [0.25, 0.3) is 0 Å². The molecule has 0 bridgehead atoms. The zero-order chi connectivity index (χ0) is 18.5. The fraction of sp³-hybridized carbons (Fsp3) is 0.200. The van der Waals surface area contributed by atoms with Crippen LogP contribution in [0, 0.1) is 6.92 Å². The Balaban J connectivity index is 1.62. The number of amides is 2. The van der Waals surface area contributed by atoms with Crippen LogP contribution >= 0.6 is 0 Å². The van der Waals surface area contributed by atoms with Gasteiger partial charge in [0.1, 0.15) is 11.8 Å². The fourth-order valence-electron chi connectivity index (χ4n) is 2.70. The molecule has 2 N–H and O–H groups in total. The van der Waals surface area contributed by atoms with Crippen molar-refractivity contribution in [1.82, 2.24) is 4.57 Å². The average molecular weight is 351 g/mol. The van der Waals surface area contributed by atoms with E-state index in [4.69, 9.17) is 4.42 Å². The van der Waals surface area contributed by atoms with Crippen LogP contribution < -0.4 is 10.6 Å². The van der Waals surface area contributed by atoms with Crippen LogP contribution in [-0.2, 0) is 4.79 Å². The molecule has 0 aliphatic carbocycles. The molecule has 0 fully saturated rings. The molecule has 0 unspecified atom stereocenters. The van der Waals surface area contributed by atoms with E-state index < -0.39 is 0 Å². The van der Waals surface area contributed by atoms with Gasteiger partial charge in [0, 0.05) is 23.8 Å². The molecule has 2 aromatic heterocycles. The van der Waals surface area contributed by atoms with Crippen LogP contribution in [0.4, 0.5) is 11.4 Å². The number of nitrogens with one attached hydrogen (secondary N) is 2. The Morgan fingerprint density at radius 3 is 2.15 bits per heavy atom. The molecule has 6 heteroatoms. The number of aryl methyl sites for hydroxylation is 1. The summed E-state index contributed by atoms with van der Waals surface area (Å²) in [6.45, 7) is 3.75. The Kier molecular flexibility index (Phi) is 5.22. The Hall–Kier alpha value is -3.28. The molecule has 1 atom stereocenters. The summed E-state index contributed by atoms with van der Waals surface area (Å²) in [6, 6.07) is 13.9. The minimum absolute atomic E-state index is 0.0773. The number of anilines is 2. The number of benzene rings is 1. The molecule has 0 aliphatic rings. The molecular weight excluding hydrogens is 330 g/mol. The van der Waals surface area contributed by atoms with Crippen molar-refractivity contribution in [3.8, 4) is 0 Å². The zero-order valence-electron chi connectivity index (χ0n) is 14.7. The number of hydrogen-bond acceptors (Lipinski definition) is 3. The van der Waals surface area contributed by atoms with Gasteiger partial charge in [-0.15, -0.1) is 0 Å². The predicted octanol–water partition coefficient (Wildman–Crippen LogP) is 4.23. The van der Waals surface area contributed by atoms with Gasteiger partial charge in [-0.2, -0.15) is 0 Å². The van der Waals surface area contributed by atoms with Crippen LogP contribution in [-0.4, -0.2) is 16.4 Å². The van der Waals surface area contributed by atoms with Crippen molar-refractivity contribution in [1.29, 1.82) is 0 Å². The predicted molar refractivity (Wildman–Crippen MR) is 100 cm³/mol. The van der Waals surface area contributed by atoms with E-state index in [1.54, 1.807) is 43.3 Å². The van der Waals surface area contributed by atoms with E-state index in [0.717, 1.165) is 0 Å². The standard InChI is InChI=1S/C20H21N3O3/c1-3-17(23-12-4-5-13-23)19(24)21-15-7-9-16(10-8-15)22-20(25)18-11-6-14(2)26-18/h4-13,17H,3H2,1-2H3,(H,21,24)(H,22,25)/t17-/m1/s1. The van der Waals surface area contributed by atoms with Gasteiger partial charge in [0.05, 0.1) is 0 Å². The molecular formula is C20H21N3O3. The van der Waals surface area contributed by atoms with Crippen molar-refractivity contribution in [3.63, 3.8) is 0 Å². The lowest BCUT2D eigenvalue weighted by molar-refractivity contribution is -0.119. The van der Waals surface area contributed by atoms with Gasteiger partial charge in [-0.1, -0.05) is 6.92 Å². The highest BCUT2D eigenvalue weighted by atomic mass is 16.3. The first-order valence-corrected chi connectivity index (χ1v) is 8.48. The lowest BCUT2D eigenvalue weighted by Gasteiger charge is -2.17. The van der Waals surface area contributed by atoms with Crippen molar-refractivity contribution in [2.45, 2.75) is 26.3 Å². The summed E-state index contributed by atoms with van der Waals surface area (Å²) in [5.41, 5.74) is 1.30. The first-order chi connectivity index (χ1) is 12.6. The van der Waals surface area contributed by atoms with Gasteiger partial charge in [-0.25, -0.2) is 0 Å². The van der Waals surface area contributed by atoms with Crippen LogP contribution in [0.5, 0.6) is 0 Å². The molecule has 1 aromatic carbocycles. The zero-order valence-corrected chi connectivity index (χ0v) is 14.7. The van der Waals surface area contributed by atoms with E-state index in [2.05, 4.69) is 10.6 Å². The van der Waals surface area contributed by atoms with Crippen LogP contribution in [0.2, 0.25) is 0 Å². The summed E-state index contributed by atoms with van der Waals surface area (Å²) in [5.74, 6) is 0.554. The summed E-state index contributed by atoms with van der Waals surface area (Å²) in [4.78, 5) is 24.6. The summed E-state index contributed by atoms with van der Waals surface area (Å²) < 4.78 is 7.18. The molecule has 134 valence electrons. The minimum Gasteiger partial charge on any atom is -0.456 e. The molecule has 26 heavy (non-hydrogen) atoms. The molecule has 3 aromatic rings. The maximum absolute atomic E-state index is 12.5. The van der Waals surface area contributed by atoms with E-state index in [1.165, 1.54) is 0 Å². The Bertz CT molecular complexity index is 879. The van der Waals surface area contributed by atoms with Gasteiger partial charge in [-0.05, 0) is 61.9 Å². The Labute approximate surface area is 151 Å². The third kappa shape index (κ3) is 4.03. The van der Waals surface area contributed by atoms with Gasteiger partial charge in [-0.3, -0.25) is 9.59 Å². The van der Waals surface area contributed by atoms with Crippen molar-refractivity contribution in [3.05, 3.63) is 72.4 Å². The largest absolute Gasteiger partial charge is 0.456 e. The summed E-state index contributed by atoms with van der Waals surface area (Å²) in [5, 5.41) is 5.66. The third-order valence-corrected chi connectivity index (χ3v) is 4.05. The average Bonchev–Trinajstić information content (AvgIpc) is 3.29. The molecule has 0 spiro atoms. The van der Waals surface area contributed by atoms with Gasteiger partial charge in [0.15, 0.2) is 5.76 Å². The maximum atomic E-state index is 12.5. The van der Waals surface area contributed by atoms with Gasteiger partial charge < -0.3 is 19.6 Å². The second kappa shape index (κ2) is 7.74. The quantitative estimate of drug-likeness (QED) is 0.698. The summed E-state index contributed by atoms with van der Waals surface area (Å²) in [6.07, 6.45) is 4.45. The number of carbonyl (C=O) groups is 2. The number of hydrogen-bond donors (Lipinski definition) is 2. The lowest BCUT2D eigenvalue weighted by Crippen LogP contribution is -2.24. The van der Waals surface area contributed by atoms with Gasteiger partial charge in [0.25, 0.3) is 5.91 Å². The lowest BCUT2D eigenvalue weighted by atomic mass is 10.2. The third-order valence-electron chi connectivity index (χ3n) is 4.05. The number of aromatic nitrogens is 1.